The maximum atomic E-state index is 13.0. The lowest BCUT2D eigenvalue weighted by Crippen LogP contribution is -2.52. The molecule has 0 aliphatic carbocycles. The van der Waals surface area contributed by atoms with Crippen molar-refractivity contribution in [2.45, 2.75) is 31.3 Å². The average Bonchev–Trinajstić information content (AvgIpc) is 2.64. The largest absolute Gasteiger partial charge is 0.329 e. The van der Waals surface area contributed by atoms with Gasteiger partial charge in [0.15, 0.2) is 0 Å². The molecule has 20 heavy (non-hydrogen) atoms. The molecule has 1 heterocycles. The van der Waals surface area contributed by atoms with Gasteiger partial charge in [-0.15, -0.1) is 0 Å². The Morgan fingerprint density at radius 2 is 1.95 bits per heavy atom. The Balaban J connectivity index is 2.07. The van der Waals surface area contributed by atoms with Gasteiger partial charge in [-0.2, -0.15) is 0 Å². The summed E-state index contributed by atoms with van der Waals surface area (Å²) in [5.41, 5.74) is 7.32. The summed E-state index contributed by atoms with van der Waals surface area (Å²) < 4.78 is 13.0. The number of rotatable bonds is 4. The fourth-order valence-electron chi connectivity index (χ4n) is 3.09. The van der Waals surface area contributed by atoms with Crippen LogP contribution in [0.4, 0.5) is 4.39 Å². The lowest BCUT2D eigenvalue weighted by atomic mass is 9.88. The van der Waals surface area contributed by atoms with Crippen LogP contribution in [0.5, 0.6) is 0 Å². The molecule has 0 radical (unpaired) electrons. The van der Waals surface area contributed by atoms with E-state index >= 15 is 0 Å². The van der Waals surface area contributed by atoms with Gasteiger partial charge in [-0.05, 0) is 64.1 Å². The van der Waals surface area contributed by atoms with E-state index in [2.05, 4.69) is 23.9 Å². The highest BCUT2D eigenvalue weighted by Crippen LogP contribution is 2.28. The maximum Gasteiger partial charge on any atom is 0.123 e. The van der Waals surface area contributed by atoms with Crippen LogP contribution in [0.25, 0.3) is 0 Å². The second-order valence-electron chi connectivity index (χ2n) is 6.07. The van der Waals surface area contributed by atoms with E-state index in [9.17, 15) is 4.39 Å². The number of likely N-dealkylation sites (tertiary alicyclic amines) is 1. The number of benzene rings is 1. The highest BCUT2D eigenvalue weighted by atomic mass is 19.1. The van der Waals surface area contributed by atoms with E-state index in [1.807, 2.05) is 12.1 Å². The molecule has 1 aliphatic heterocycles. The standard InChI is InChI=1S/C16H26FN3/c1-19-10-3-8-16(13-18,9-11-19)20(2)12-14-4-6-15(17)7-5-14/h4-7H,3,8-13,18H2,1-2H3. The smallest absolute Gasteiger partial charge is 0.123 e. The summed E-state index contributed by atoms with van der Waals surface area (Å²) >= 11 is 0. The summed E-state index contributed by atoms with van der Waals surface area (Å²) in [6.45, 7) is 3.73. The van der Waals surface area contributed by atoms with E-state index in [0.717, 1.165) is 38.0 Å². The molecule has 112 valence electrons. The van der Waals surface area contributed by atoms with Crippen molar-refractivity contribution in [3.8, 4) is 0 Å². The van der Waals surface area contributed by atoms with Gasteiger partial charge in [0.05, 0.1) is 0 Å². The molecule has 1 aliphatic rings. The third-order valence-electron chi connectivity index (χ3n) is 4.66. The van der Waals surface area contributed by atoms with E-state index in [4.69, 9.17) is 5.73 Å². The summed E-state index contributed by atoms with van der Waals surface area (Å²) in [6.07, 6.45) is 3.41. The highest BCUT2D eigenvalue weighted by Gasteiger charge is 2.34. The molecule has 1 fully saturated rings. The van der Waals surface area contributed by atoms with Crippen LogP contribution in [0.2, 0.25) is 0 Å². The molecule has 1 aromatic rings. The normalized spacial score (nSPS) is 24.9. The minimum atomic E-state index is -0.180. The van der Waals surface area contributed by atoms with Crippen LogP contribution in [-0.2, 0) is 6.54 Å². The SMILES string of the molecule is CN1CCCC(CN)(N(C)Cc2ccc(F)cc2)CC1. The summed E-state index contributed by atoms with van der Waals surface area (Å²) in [4.78, 5) is 4.74. The zero-order valence-electron chi connectivity index (χ0n) is 12.6. The van der Waals surface area contributed by atoms with Crippen LogP contribution in [0.3, 0.4) is 0 Å². The van der Waals surface area contributed by atoms with Crippen LogP contribution in [-0.4, -0.2) is 49.1 Å². The van der Waals surface area contributed by atoms with Crippen molar-refractivity contribution in [1.82, 2.24) is 9.80 Å². The Hall–Kier alpha value is -0.970. The molecule has 1 unspecified atom stereocenters. The Morgan fingerprint density at radius 1 is 1.25 bits per heavy atom. The average molecular weight is 279 g/mol. The molecule has 1 saturated heterocycles. The number of likely N-dealkylation sites (N-methyl/N-ethyl adjacent to an activating group) is 1. The topological polar surface area (TPSA) is 32.5 Å². The first-order valence-electron chi connectivity index (χ1n) is 7.40. The minimum absolute atomic E-state index is 0.0686. The van der Waals surface area contributed by atoms with Crippen molar-refractivity contribution in [3.63, 3.8) is 0 Å². The van der Waals surface area contributed by atoms with Crippen molar-refractivity contribution in [1.29, 1.82) is 0 Å². The van der Waals surface area contributed by atoms with Crippen LogP contribution < -0.4 is 5.73 Å². The quantitative estimate of drug-likeness (QED) is 0.916. The van der Waals surface area contributed by atoms with E-state index in [1.165, 1.54) is 18.6 Å². The summed E-state index contributed by atoms with van der Waals surface area (Å²) in [5, 5.41) is 0. The van der Waals surface area contributed by atoms with Gasteiger partial charge in [0.25, 0.3) is 0 Å². The van der Waals surface area contributed by atoms with Gasteiger partial charge in [-0.1, -0.05) is 12.1 Å². The fraction of sp³-hybridized carbons (Fsp3) is 0.625. The molecule has 0 bridgehead atoms. The van der Waals surface area contributed by atoms with Crippen LogP contribution in [0.1, 0.15) is 24.8 Å². The molecule has 0 aromatic heterocycles. The van der Waals surface area contributed by atoms with Gasteiger partial charge in [0, 0.05) is 18.6 Å². The van der Waals surface area contributed by atoms with Gasteiger partial charge in [0.2, 0.25) is 0 Å². The Kier molecular flexibility index (Phi) is 5.13. The van der Waals surface area contributed by atoms with E-state index in [1.54, 1.807) is 0 Å². The van der Waals surface area contributed by atoms with Gasteiger partial charge >= 0.3 is 0 Å². The molecule has 3 nitrogen and oxygen atoms in total. The fourth-order valence-corrected chi connectivity index (χ4v) is 3.09. The Morgan fingerprint density at radius 3 is 2.60 bits per heavy atom. The predicted molar refractivity (Wildman–Crippen MR) is 81.0 cm³/mol. The summed E-state index contributed by atoms with van der Waals surface area (Å²) in [7, 11) is 4.31. The number of nitrogens with zero attached hydrogens (tertiary/aromatic N) is 2. The monoisotopic (exact) mass is 279 g/mol. The first kappa shape index (κ1) is 15.4. The van der Waals surface area contributed by atoms with E-state index < -0.39 is 0 Å². The van der Waals surface area contributed by atoms with Crippen molar-refractivity contribution in [2.24, 2.45) is 5.73 Å². The second kappa shape index (κ2) is 6.66. The number of hydrogen-bond acceptors (Lipinski definition) is 3. The molecular formula is C16H26FN3. The van der Waals surface area contributed by atoms with Crippen molar-refractivity contribution in [2.75, 3.05) is 33.7 Å². The van der Waals surface area contributed by atoms with E-state index in [0.29, 0.717) is 6.54 Å². The van der Waals surface area contributed by atoms with Crippen molar-refractivity contribution in [3.05, 3.63) is 35.6 Å². The zero-order chi connectivity index (χ0) is 14.6. The minimum Gasteiger partial charge on any atom is -0.329 e. The molecule has 4 heteroatoms. The van der Waals surface area contributed by atoms with Crippen molar-refractivity contribution >= 4 is 0 Å². The van der Waals surface area contributed by atoms with Gasteiger partial charge in [0.1, 0.15) is 5.82 Å². The lowest BCUT2D eigenvalue weighted by Gasteiger charge is -2.41. The third-order valence-corrected chi connectivity index (χ3v) is 4.66. The molecule has 1 atom stereocenters. The van der Waals surface area contributed by atoms with Crippen LogP contribution in [0.15, 0.2) is 24.3 Å². The van der Waals surface area contributed by atoms with E-state index in [-0.39, 0.29) is 11.4 Å². The number of halogens is 1. The van der Waals surface area contributed by atoms with Gasteiger partial charge in [-0.3, -0.25) is 4.90 Å². The van der Waals surface area contributed by atoms with Gasteiger partial charge < -0.3 is 10.6 Å². The summed E-state index contributed by atoms with van der Waals surface area (Å²) in [5.74, 6) is -0.180. The highest BCUT2D eigenvalue weighted by molar-refractivity contribution is 5.16. The van der Waals surface area contributed by atoms with Gasteiger partial charge in [-0.25, -0.2) is 4.39 Å². The Bertz CT molecular complexity index is 420. The van der Waals surface area contributed by atoms with Crippen LogP contribution >= 0.6 is 0 Å². The maximum absolute atomic E-state index is 13.0. The molecule has 2 rings (SSSR count). The Labute approximate surface area is 121 Å². The predicted octanol–water partition coefficient (Wildman–Crippen LogP) is 2.07. The summed E-state index contributed by atoms with van der Waals surface area (Å²) in [6, 6.07) is 6.77. The molecule has 0 spiro atoms. The second-order valence-corrected chi connectivity index (χ2v) is 6.07. The third kappa shape index (κ3) is 3.57. The molecule has 2 N–H and O–H groups in total. The first-order valence-corrected chi connectivity index (χ1v) is 7.40. The molecule has 0 amide bonds. The lowest BCUT2D eigenvalue weighted by molar-refractivity contribution is 0.100. The van der Waals surface area contributed by atoms with Crippen molar-refractivity contribution < 1.29 is 4.39 Å². The molecular weight excluding hydrogens is 253 g/mol. The number of nitrogens with two attached hydrogens (primary N) is 1. The zero-order valence-corrected chi connectivity index (χ0v) is 12.6. The first-order chi connectivity index (χ1) is 9.55. The van der Waals surface area contributed by atoms with Crippen LogP contribution in [0, 0.1) is 5.82 Å². The molecule has 0 saturated carbocycles. The number of hydrogen-bond donors (Lipinski definition) is 1. The molecule has 1 aromatic carbocycles.